The predicted octanol–water partition coefficient (Wildman–Crippen LogP) is 3.71. The Morgan fingerprint density at radius 2 is 1.50 bits per heavy atom. The van der Waals surface area contributed by atoms with Crippen molar-refractivity contribution < 1.29 is 8.83 Å². The fourth-order valence-corrected chi connectivity index (χ4v) is 1.13. The van der Waals surface area contributed by atoms with Crippen LogP contribution in [0.3, 0.4) is 0 Å². The summed E-state index contributed by atoms with van der Waals surface area (Å²) in [7, 11) is 0. The third kappa shape index (κ3) is 2.04. The van der Waals surface area contributed by atoms with Crippen molar-refractivity contribution in [1.82, 2.24) is 0 Å². The fourth-order valence-electron chi connectivity index (χ4n) is 1.13. The van der Waals surface area contributed by atoms with Gasteiger partial charge < -0.3 is 8.83 Å². The molecule has 2 aromatic heterocycles. The Labute approximate surface area is 81.8 Å². The summed E-state index contributed by atoms with van der Waals surface area (Å²) in [6.07, 6.45) is 4.95. The van der Waals surface area contributed by atoms with E-state index in [2.05, 4.69) is 4.42 Å². The van der Waals surface area contributed by atoms with Gasteiger partial charge in [0.15, 0.2) is 0 Å². The highest BCUT2D eigenvalue weighted by Crippen LogP contribution is 2.12. The van der Waals surface area contributed by atoms with Crippen molar-refractivity contribution in [1.29, 1.82) is 0 Å². The zero-order valence-corrected chi connectivity index (χ0v) is 7.59. The van der Waals surface area contributed by atoms with E-state index in [-0.39, 0.29) is 0 Å². The molecular formula is C12H10O2. The molecule has 0 aliphatic heterocycles. The number of hydrogen-bond donors (Lipinski definition) is 0. The standard InChI is InChI=1S/C8H6O.C4H4O/c1-2-4-8-7(3-1)5-6-9-8;1-2-4-5-3-1/h1-6H;1-4H. The van der Waals surface area contributed by atoms with Gasteiger partial charge in [0.2, 0.25) is 0 Å². The third-order valence-electron chi connectivity index (χ3n) is 1.79. The highest BCUT2D eigenvalue weighted by molar-refractivity contribution is 5.76. The Kier molecular flexibility index (Phi) is 2.67. The predicted molar refractivity (Wildman–Crippen MR) is 54.9 cm³/mol. The second-order valence-corrected chi connectivity index (χ2v) is 2.75. The second kappa shape index (κ2) is 4.33. The average molecular weight is 186 g/mol. The van der Waals surface area contributed by atoms with E-state index in [1.165, 1.54) is 0 Å². The highest BCUT2D eigenvalue weighted by Gasteiger charge is 1.89. The van der Waals surface area contributed by atoms with Crippen LogP contribution in [0, 0.1) is 0 Å². The quantitative estimate of drug-likeness (QED) is 0.535. The molecule has 0 spiro atoms. The Bertz CT molecular complexity index is 418. The van der Waals surface area contributed by atoms with Gasteiger partial charge in [-0.05, 0) is 24.3 Å². The van der Waals surface area contributed by atoms with Crippen molar-refractivity contribution in [3.05, 3.63) is 61.3 Å². The van der Waals surface area contributed by atoms with Crippen molar-refractivity contribution in [2.24, 2.45) is 0 Å². The molecule has 0 amide bonds. The monoisotopic (exact) mass is 186 g/mol. The van der Waals surface area contributed by atoms with Crippen molar-refractivity contribution in [2.45, 2.75) is 0 Å². The lowest BCUT2D eigenvalue weighted by Crippen LogP contribution is -1.57. The van der Waals surface area contributed by atoms with Gasteiger partial charge in [0.05, 0.1) is 18.8 Å². The van der Waals surface area contributed by atoms with Crippen molar-refractivity contribution in [2.75, 3.05) is 0 Å². The summed E-state index contributed by atoms with van der Waals surface area (Å²) >= 11 is 0. The van der Waals surface area contributed by atoms with Crippen LogP contribution in [0.2, 0.25) is 0 Å². The molecule has 3 rings (SSSR count). The molecule has 2 heteroatoms. The SMILES string of the molecule is c1ccc2occc2c1.c1ccoc1. The number of para-hydroxylation sites is 1. The second-order valence-electron chi connectivity index (χ2n) is 2.75. The summed E-state index contributed by atoms with van der Waals surface area (Å²) in [5.74, 6) is 0. The van der Waals surface area contributed by atoms with Gasteiger partial charge >= 0.3 is 0 Å². The van der Waals surface area contributed by atoms with Crippen LogP contribution in [-0.2, 0) is 0 Å². The molecule has 2 heterocycles. The van der Waals surface area contributed by atoms with E-state index >= 15 is 0 Å². The van der Waals surface area contributed by atoms with Gasteiger partial charge in [0.25, 0.3) is 0 Å². The van der Waals surface area contributed by atoms with Gasteiger partial charge in [0, 0.05) is 5.39 Å². The number of fused-ring (bicyclic) bond motifs is 1. The van der Waals surface area contributed by atoms with Crippen LogP contribution in [0.5, 0.6) is 0 Å². The zero-order chi connectivity index (χ0) is 9.64. The summed E-state index contributed by atoms with van der Waals surface area (Å²) in [5, 5.41) is 1.16. The Morgan fingerprint density at radius 3 is 2.14 bits per heavy atom. The average Bonchev–Trinajstić information content (AvgIpc) is 2.92. The van der Waals surface area contributed by atoms with Crippen molar-refractivity contribution in [3.63, 3.8) is 0 Å². The molecule has 70 valence electrons. The lowest BCUT2D eigenvalue weighted by Gasteiger charge is -1.81. The highest BCUT2D eigenvalue weighted by atomic mass is 16.3. The smallest absolute Gasteiger partial charge is 0.133 e. The number of rotatable bonds is 0. The van der Waals surface area contributed by atoms with Crippen molar-refractivity contribution >= 4 is 11.0 Å². The van der Waals surface area contributed by atoms with Crippen LogP contribution in [0.15, 0.2) is 70.1 Å². The van der Waals surface area contributed by atoms with E-state index in [4.69, 9.17) is 4.42 Å². The fraction of sp³-hybridized carbons (Fsp3) is 0. The first-order valence-electron chi connectivity index (χ1n) is 4.36. The van der Waals surface area contributed by atoms with Crippen LogP contribution in [0.25, 0.3) is 11.0 Å². The van der Waals surface area contributed by atoms with Gasteiger partial charge in [-0.15, -0.1) is 0 Å². The largest absolute Gasteiger partial charge is 0.473 e. The summed E-state index contributed by atoms with van der Waals surface area (Å²) in [6.45, 7) is 0. The van der Waals surface area contributed by atoms with Gasteiger partial charge in [-0.25, -0.2) is 0 Å². The lowest BCUT2D eigenvalue weighted by atomic mass is 10.3. The molecule has 0 N–H and O–H groups in total. The summed E-state index contributed by atoms with van der Waals surface area (Å²) in [4.78, 5) is 0. The van der Waals surface area contributed by atoms with E-state index in [1.807, 2.05) is 42.5 Å². The van der Waals surface area contributed by atoms with Crippen LogP contribution < -0.4 is 0 Å². The normalized spacial score (nSPS) is 9.43. The molecule has 14 heavy (non-hydrogen) atoms. The van der Waals surface area contributed by atoms with E-state index < -0.39 is 0 Å². The zero-order valence-electron chi connectivity index (χ0n) is 7.59. The number of benzene rings is 1. The topological polar surface area (TPSA) is 26.3 Å². The molecule has 0 bridgehead atoms. The molecule has 3 aromatic rings. The first-order chi connectivity index (χ1) is 6.97. The Balaban J connectivity index is 0.000000128. The van der Waals surface area contributed by atoms with Gasteiger partial charge in [0.1, 0.15) is 5.58 Å². The van der Waals surface area contributed by atoms with Crippen molar-refractivity contribution in [3.8, 4) is 0 Å². The number of hydrogen-bond acceptors (Lipinski definition) is 2. The molecule has 0 aliphatic carbocycles. The third-order valence-corrected chi connectivity index (χ3v) is 1.79. The molecule has 2 nitrogen and oxygen atoms in total. The molecule has 0 saturated heterocycles. The maximum atomic E-state index is 5.12. The first kappa shape index (κ1) is 8.63. The van der Waals surface area contributed by atoms with Gasteiger partial charge in [-0.2, -0.15) is 0 Å². The van der Waals surface area contributed by atoms with Crippen LogP contribution in [-0.4, -0.2) is 0 Å². The molecular weight excluding hydrogens is 176 g/mol. The minimum atomic E-state index is 0.956. The molecule has 1 aromatic carbocycles. The summed E-state index contributed by atoms with van der Waals surface area (Å²) < 4.78 is 9.70. The maximum absolute atomic E-state index is 5.12. The van der Waals surface area contributed by atoms with E-state index in [1.54, 1.807) is 18.8 Å². The Hall–Kier alpha value is -1.96. The van der Waals surface area contributed by atoms with Crippen LogP contribution >= 0.6 is 0 Å². The minimum Gasteiger partial charge on any atom is -0.473 e. The van der Waals surface area contributed by atoms with E-state index in [0.717, 1.165) is 11.0 Å². The molecule has 0 unspecified atom stereocenters. The molecule has 0 atom stereocenters. The molecule has 0 saturated carbocycles. The van der Waals surface area contributed by atoms with Crippen LogP contribution in [0.4, 0.5) is 0 Å². The first-order valence-corrected chi connectivity index (χ1v) is 4.36. The van der Waals surface area contributed by atoms with Gasteiger partial charge in [-0.3, -0.25) is 0 Å². The molecule has 0 fully saturated rings. The molecule has 0 aliphatic rings. The minimum absolute atomic E-state index is 0.956. The van der Waals surface area contributed by atoms with Crippen LogP contribution in [0.1, 0.15) is 0 Å². The Morgan fingerprint density at radius 1 is 0.714 bits per heavy atom. The summed E-state index contributed by atoms with van der Waals surface area (Å²) in [6, 6.07) is 13.6. The summed E-state index contributed by atoms with van der Waals surface area (Å²) in [5.41, 5.74) is 0.956. The number of furan rings is 2. The van der Waals surface area contributed by atoms with E-state index in [0.29, 0.717) is 0 Å². The van der Waals surface area contributed by atoms with E-state index in [9.17, 15) is 0 Å². The maximum Gasteiger partial charge on any atom is 0.133 e. The van der Waals surface area contributed by atoms with Gasteiger partial charge in [-0.1, -0.05) is 18.2 Å². The lowest BCUT2D eigenvalue weighted by molar-refractivity contribution is 0.567. The molecule has 0 radical (unpaired) electrons.